The Kier molecular flexibility index (Phi) is 4.31. The number of pyridine rings is 1. The zero-order valence-corrected chi connectivity index (χ0v) is 12.3. The van der Waals surface area contributed by atoms with E-state index in [1.807, 2.05) is 6.20 Å². The van der Waals surface area contributed by atoms with E-state index in [0.717, 1.165) is 6.54 Å². The molecule has 0 amide bonds. The van der Waals surface area contributed by atoms with E-state index < -0.39 is 0 Å². The Hall–Kier alpha value is -0.890. The third kappa shape index (κ3) is 3.53. The summed E-state index contributed by atoms with van der Waals surface area (Å²) in [6.45, 7) is 12.2. The molecule has 0 aliphatic heterocycles. The molecule has 0 aliphatic carbocycles. The number of hydrogen-bond acceptors (Lipinski definition) is 2. The zero-order valence-electron chi connectivity index (χ0n) is 12.3. The first-order chi connectivity index (χ1) is 7.73. The molecule has 2 nitrogen and oxygen atoms in total. The summed E-state index contributed by atoms with van der Waals surface area (Å²) in [6.07, 6.45) is 1.95. The van der Waals surface area contributed by atoms with Crippen molar-refractivity contribution in [3.8, 4) is 0 Å². The van der Waals surface area contributed by atoms with Crippen LogP contribution >= 0.6 is 0 Å². The molecule has 0 unspecified atom stereocenters. The Morgan fingerprint density at radius 2 is 1.82 bits per heavy atom. The van der Waals surface area contributed by atoms with E-state index in [1.54, 1.807) is 0 Å². The fourth-order valence-corrected chi connectivity index (χ4v) is 2.30. The molecule has 0 atom stereocenters. The summed E-state index contributed by atoms with van der Waals surface area (Å²) in [5.41, 5.74) is 4.22. The second kappa shape index (κ2) is 5.18. The Bertz CT molecular complexity index is 373. The van der Waals surface area contributed by atoms with Crippen LogP contribution in [0.25, 0.3) is 0 Å². The molecule has 0 saturated carbocycles. The van der Waals surface area contributed by atoms with Gasteiger partial charge in [-0.05, 0) is 42.6 Å². The van der Waals surface area contributed by atoms with E-state index in [-0.39, 0.29) is 5.41 Å². The van der Waals surface area contributed by atoms with Gasteiger partial charge in [0.05, 0.1) is 0 Å². The Morgan fingerprint density at radius 3 is 2.24 bits per heavy atom. The highest BCUT2D eigenvalue weighted by atomic mass is 15.0. The van der Waals surface area contributed by atoms with Crippen molar-refractivity contribution >= 4 is 0 Å². The second-order valence-corrected chi connectivity index (χ2v) is 6.37. The largest absolute Gasteiger partial charge is 0.305 e. The summed E-state index contributed by atoms with van der Waals surface area (Å²) >= 11 is 0. The van der Waals surface area contributed by atoms with E-state index in [0.29, 0.717) is 5.92 Å². The van der Waals surface area contributed by atoms with E-state index in [1.165, 1.54) is 16.8 Å². The minimum atomic E-state index is 0.152. The highest BCUT2D eigenvalue weighted by Gasteiger charge is 2.24. The van der Waals surface area contributed by atoms with Gasteiger partial charge in [-0.3, -0.25) is 4.98 Å². The molecular weight excluding hydrogens is 208 g/mol. The predicted octanol–water partition coefficient (Wildman–Crippen LogP) is 3.56. The molecule has 1 aromatic heterocycles. The SMILES string of the molecule is CC(C)c1nccc(CN(C)C)c1C(C)(C)C. The molecule has 0 spiro atoms. The van der Waals surface area contributed by atoms with Crippen LogP contribution in [-0.2, 0) is 12.0 Å². The predicted molar refractivity (Wildman–Crippen MR) is 74.4 cm³/mol. The lowest BCUT2D eigenvalue weighted by Crippen LogP contribution is -2.22. The number of aromatic nitrogens is 1. The lowest BCUT2D eigenvalue weighted by Gasteiger charge is -2.28. The topological polar surface area (TPSA) is 16.1 Å². The number of hydrogen-bond donors (Lipinski definition) is 0. The molecule has 96 valence electrons. The number of nitrogens with zero attached hydrogens (tertiary/aromatic N) is 2. The Balaban J connectivity index is 3.35. The van der Waals surface area contributed by atoms with Crippen molar-refractivity contribution in [2.24, 2.45) is 0 Å². The van der Waals surface area contributed by atoms with Crippen molar-refractivity contribution in [1.29, 1.82) is 0 Å². The number of rotatable bonds is 3. The van der Waals surface area contributed by atoms with Gasteiger partial charge in [-0.2, -0.15) is 0 Å². The summed E-state index contributed by atoms with van der Waals surface area (Å²) < 4.78 is 0. The van der Waals surface area contributed by atoms with E-state index in [4.69, 9.17) is 0 Å². The highest BCUT2D eigenvalue weighted by molar-refractivity contribution is 5.37. The van der Waals surface area contributed by atoms with Gasteiger partial charge in [0.1, 0.15) is 0 Å². The quantitative estimate of drug-likeness (QED) is 0.795. The van der Waals surface area contributed by atoms with Crippen LogP contribution in [0.15, 0.2) is 12.3 Å². The first kappa shape index (κ1) is 14.2. The molecule has 0 fully saturated rings. The van der Waals surface area contributed by atoms with Gasteiger partial charge >= 0.3 is 0 Å². The molecule has 0 bridgehead atoms. The zero-order chi connectivity index (χ0) is 13.2. The van der Waals surface area contributed by atoms with Gasteiger partial charge in [0, 0.05) is 18.4 Å². The van der Waals surface area contributed by atoms with Gasteiger partial charge in [-0.1, -0.05) is 34.6 Å². The minimum absolute atomic E-state index is 0.152. The van der Waals surface area contributed by atoms with Crippen LogP contribution in [0, 0.1) is 0 Å². The lowest BCUT2D eigenvalue weighted by atomic mass is 9.80. The first-order valence-electron chi connectivity index (χ1n) is 6.36. The van der Waals surface area contributed by atoms with Crippen molar-refractivity contribution in [2.75, 3.05) is 14.1 Å². The standard InChI is InChI=1S/C15H26N2/c1-11(2)14-13(15(3,4)5)12(8-9-16-14)10-17(6)7/h8-9,11H,10H2,1-7H3. The van der Waals surface area contributed by atoms with Gasteiger partial charge in [-0.15, -0.1) is 0 Å². The molecule has 17 heavy (non-hydrogen) atoms. The summed E-state index contributed by atoms with van der Waals surface area (Å²) in [5, 5.41) is 0. The molecule has 1 heterocycles. The van der Waals surface area contributed by atoms with Crippen LogP contribution in [-0.4, -0.2) is 24.0 Å². The summed E-state index contributed by atoms with van der Waals surface area (Å²) in [6, 6.07) is 2.16. The van der Waals surface area contributed by atoms with Gasteiger partial charge in [0.15, 0.2) is 0 Å². The van der Waals surface area contributed by atoms with Crippen molar-refractivity contribution in [2.45, 2.75) is 52.5 Å². The van der Waals surface area contributed by atoms with Crippen LogP contribution in [0.3, 0.4) is 0 Å². The van der Waals surface area contributed by atoms with Crippen LogP contribution in [0.4, 0.5) is 0 Å². The smallest absolute Gasteiger partial charge is 0.0469 e. The molecule has 2 heteroatoms. The maximum Gasteiger partial charge on any atom is 0.0469 e. The Morgan fingerprint density at radius 1 is 1.24 bits per heavy atom. The molecule has 1 rings (SSSR count). The monoisotopic (exact) mass is 234 g/mol. The van der Waals surface area contributed by atoms with Gasteiger partial charge < -0.3 is 4.90 Å². The van der Waals surface area contributed by atoms with Crippen molar-refractivity contribution in [3.05, 3.63) is 29.1 Å². The van der Waals surface area contributed by atoms with Gasteiger partial charge in [0.25, 0.3) is 0 Å². The van der Waals surface area contributed by atoms with Crippen molar-refractivity contribution in [3.63, 3.8) is 0 Å². The first-order valence-corrected chi connectivity index (χ1v) is 6.36. The summed E-state index contributed by atoms with van der Waals surface area (Å²) in [7, 11) is 4.23. The molecule has 0 radical (unpaired) electrons. The molecule has 0 N–H and O–H groups in total. The third-order valence-electron chi connectivity index (χ3n) is 2.85. The van der Waals surface area contributed by atoms with Gasteiger partial charge in [-0.25, -0.2) is 0 Å². The van der Waals surface area contributed by atoms with E-state index in [9.17, 15) is 0 Å². The van der Waals surface area contributed by atoms with Crippen LogP contribution in [0.5, 0.6) is 0 Å². The molecular formula is C15H26N2. The molecule has 1 aromatic rings. The molecule has 0 aromatic carbocycles. The van der Waals surface area contributed by atoms with Crippen molar-refractivity contribution in [1.82, 2.24) is 9.88 Å². The third-order valence-corrected chi connectivity index (χ3v) is 2.85. The maximum absolute atomic E-state index is 4.59. The van der Waals surface area contributed by atoms with Crippen LogP contribution < -0.4 is 0 Å². The lowest BCUT2D eigenvalue weighted by molar-refractivity contribution is 0.395. The maximum atomic E-state index is 4.59. The molecule has 0 saturated heterocycles. The average molecular weight is 234 g/mol. The fourth-order valence-electron chi connectivity index (χ4n) is 2.30. The van der Waals surface area contributed by atoms with E-state index in [2.05, 4.69) is 64.7 Å². The fraction of sp³-hybridized carbons (Fsp3) is 0.667. The Labute approximate surface area is 106 Å². The van der Waals surface area contributed by atoms with Crippen LogP contribution in [0.1, 0.15) is 57.4 Å². The van der Waals surface area contributed by atoms with E-state index >= 15 is 0 Å². The normalized spacial score (nSPS) is 12.5. The molecule has 0 aliphatic rings. The minimum Gasteiger partial charge on any atom is -0.305 e. The van der Waals surface area contributed by atoms with Crippen molar-refractivity contribution < 1.29 is 0 Å². The summed E-state index contributed by atoms with van der Waals surface area (Å²) in [4.78, 5) is 6.81. The van der Waals surface area contributed by atoms with Gasteiger partial charge in [0.2, 0.25) is 0 Å². The highest BCUT2D eigenvalue weighted by Crippen LogP contribution is 2.32. The summed E-state index contributed by atoms with van der Waals surface area (Å²) in [5.74, 6) is 0.478. The van der Waals surface area contributed by atoms with Crippen LogP contribution in [0.2, 0.25) is 0 Å². The average Bonchev–Trinajstić information content (AvgIpc) is 2.14. The second-order valence-electron chi connectivity index (χ2n) is 6.37.